The van der Waals surface area contributed by atoms with Gasteiger partial charge in [-0.2, -0.15) is 0 Å². The molecule has 0 saturated heterocycles. The van der Waals surface area contributed by atoms with Gasteiger partial charge in [-0.15, -0.1) is 0 Å². The maximum absolute atomic E-state index is 11.5. The van der Waals surface area contributed by atoms with Crippen molar-refractivity contribution in [2.45, 2.75) is 46.3 Å². The fourth-order valence-electron chi connectivity index (χ4n) is 2.03. The molecule has 0 aliphatic heterocycles. The molecule has 0 bridgehead atoms. The zero-order chi connectivity index (χ0) is 17.2. The van der Waals surface area contributed by atoms with Crippen LogP contribution in [0.25, 0.3) is 0 Å². The van der Waals surface area contributed by atoms with Gasteiger partial charge in [-0.25, -0.2) is 4.79 Å². The molecule has 4 N–H and O–H groups in total. The third-order valence-electron chi connectivity index (χ3n) is 3.23. The fraction of sp³-hybridized carbons (Fsp3) is 0.588. The number of carbonyl (C=O) groups is 1. The topological polar surface area (TPSA) is 82.6 Å². The number of aliphatic hydroxyl groups is 1. The SMILES string of the molecule is CCNC(=O)Nc1ccc(OC[C@H](O)CNC(C)C)c(CC)c1. The number of aliphatic hydroxyl groups excluding tert-OH is 1. The summed E-state index contributed by atoms with van der Waals surface area (Å²) in [4.78, 5) is 11.5. The van der Waals surface area contributed by atoms with Crippen molar-refractivity contribution in [3.63, 3.8) is 0 Å². The number of nitrogens with one attached hydrogen (secondary N) is 3. The maximum Gasteiger partial charge on any atom is 0.319 e. The highest BCUT2D eigenvalue weighted by Crippen LogP contribution is 2.23. The number of hydrogen-bond donors (Lipinski definition) is 4. The summed E-state index contributed by atoms with van der Waals surface area (Å²) in [6.07, 6.45) is 0.218. The molecular formula is C17H29N3O3. The lowest BCUT2D eigenvalue weighted by Crippen LogP contribution is -2.35. The Labute approximate surface area is 138 Å². The molecule has 1 aromatic rings. The van der Waals surface area contributed by atoms with Crippen molar-refractivity contribution < 1.29 is 14.6 Å². The van der Waals surface area contributed by atoms with Gasteiger partial charge in [-0.05, 0) is 37.1 Å². The van der Waals surface area contributed by atoms with Crippen LogP contribution in [0, 0.1) is 0 Å². The molecule has 0 fully saturated rings. The summed E-state index contributed by atoms with van der Waals surface area (Å²) >= 11 is 0. The van der Waals surface area contributed by atoms with Gasteiger partial charge in [-0.1, -0.05) is 20.8 Å². The molecule has 23 heavy (non-hydrogen) atoms. The van der Waals surface area contributed by atoms with Gasteiger partial charge in [-0.3, -0.25) is 0 Å². The number of benzene rings is 1. The van der Waals surface area contributed by atoms with Crippen LogP contribution in [0.15, 0.2) is 18.2 Å². The van der Waals surface area contributed by atoms with Crippen molar-refractivity contribution in [2.75, 3.05) is 25.0 Å². The first-order chi connectivity index (χ1) is 11.0. The zero-order valence-electron chi connectivity index (χ0n) is 14.5. The van der Waals surface area contributed by atoms with E-state index in [1.54, 1.807) is 6.07 Å². The van der Waals surface area contributed by atoms with E-state index in [1.165, 1.54) is 0 Å². The van der Waals surface area contributed by atoms with Crippen LogP contribution in [-0.2, 0) is 6.42 Å². The van der Waals surface area contributed by atoms with E-state index in [4.69, 9.17) is 4.74 Å². The highest BCUT2D eigenvalue weighted by atomic mass is 16.5. The normalized spacial score (nSPS) is 12.1. The second-order valence-corrected chi connectivity index (χ2v) is 5.69. The molecule has 0 heterocycles. The van der Waals surface area contributed by atoms with Crippen LogP contribution >= 0.6 is 0 Å². The van der Waals surface area contributed by atoms with Crippen molar-refractivity contribution in [2.24, 2.45) is 0 Å². The number of anilines is 1. The lowest BCUT2D eigenvalue weighted by molar-refractivity contribution is 0.104. The van der Waals surface area contributed by atoms with Crippen LogP contribution in [-0.4, -0.2) is 43.0 Å². The summed E-state index contributed by atoms with van der Waals surface area (Å²) in [6, 6.07) is 5.61. The predicted molar refractivity (Wildman–Crippen MR) is 93.2 cm³/mol. The van der Waals surface area contributed by atoms with Crippen molar-refractivity contribution in [1.82, 2.24) is 10.6 Å². The summed E-state index contributed by atoms with van der Waals surface area (Å²) in [6.45, 7) is 9.26. The molecule has 0 saturated carbocycles. The fourth-order valence-corrected chi connectivity index (χ4v) is 2.03. The first kappa shape index (κ1) is 19.3. The molecule has 6 nitrogen and oxygen atoms in total. The molecule has 1 atom stereocenters. The first-order valence-electron chi connectivity index (χ1n) is 8.18. The lowest BCUT2D eigenvalue weighted by atomic mass is 10.1. The van der Waals surface area contributed by atoms with Crippen molar-refractivity contribution in [3.05, 3.63) is 23.8 Å². The molecule has 0 spiro atoms. The number of aryl methyl sites for hydroxylation is 1. The minimum absolute atomic E-state index is 0.224. The van der Waals surface area contributed by atoms with Crippen LogP contribution < -0.4 is 20.7 Å². The second-order valence-electron chi connectivity index (χ2n) is 5.69. The van der Waals surface area contributed by atoms with Gasteiger partial charge in [0, 0.05) is 24.8 Å². The summed E-state index contributed by atoms with van der Waals surface area (Å²) < 4.78 is 5.71. The van der Waals surface area contributed by atoms with E-state index < -0.39 is 6.10 Å². The molecule has 0 aliphatic rings. The third-order valence-corrected chi connectivity index (χ3v) is 3.23. The Morgan fingerprint density at radius 2 is 2.04 bits per heavy atom. The van der Waals surface area contributed by atoms with E-state index in [9.17, 15) is 9.90 Å². The summed E-state index contributed by atoms with van der Waals surface area (Å²) in [5, 5.41) is 18.5. The monoisotopic (exact) mass is 323 g/mol. The number of rotatable bonds is 9. The molecule has 2 amide bonds. The van der Waals surface area contributed by atoms with Gasteiger partial charge in [0.2, 0.25) is 0 Å². The summed E-state index contributed by atoms with van der Waals surface area (Å²) in [5.41, 5.74) is 1.71. The Bertz CT molecular complexity index is 492. The number of hydrogen-bond acceptors (Lipinski definition) is 4. The van der Waals surface area contributed by atoms with Gasteiger partial charge in [0.15, 0.2) is 0 Å². The van der Waals surface area contributed by atoms with E-state index in [0.29, 0.717) is 19.1 Å². The Morgan fingerprint density at radius 1 is 1.30 bits per heavy atom. The smallest absolute Gasteiger partial charge is 0.319 e. The molecule has 0 unspecified atom stereocenters. The van der Waals surface area contributed by atoms with Crippen LogP contribution in [0.4, 0.5) is 10.5 Å². The average molecular weight is 323 g/mol. The third kappa shape index (κ3) is 7.34. The summed E-state index contributed by atoms with van der Waals surface area (Å²) in [5.74, 6) is 0.734. The number of carbonyl (C=O) groups excluding carboxylic acids is 1. The Kier molecular flexibility index (Phi) is 8.43. The number of urea groups is 1. The van der Waals surface area contributed by atoms with Crippen LogP contribution in [0.1, 0.15) is 33.3 Å². The zero-order valence-corrected chi connectivity index (χ0v) is 14.5. The highest BCUT2D eigenvalue weighted by Gasteiger charge is 2.09. The van der Waals surface area contributed by atoms with Crippen molar-refractivity contribution in [1.29, 1.82) is 0 Å². The van der Waals surface area contributed by atoms with Crippen LogP contribution in [0.5, 0.6) is 5.75 Å². The van der Waals surface area contributed by atoms with Gasteiger partial charge < -0.3 is 25.8 Å². The van der Waals surface area contributed by atoms with Crippen molar-refractivity contribution >= 4 is 11.7 Å². The molecule has 1 rings (SSSR count). The van der Waals surface area contributed by atoms with E-state index >= 15 is 0 Å². The number of amides is 2. The minimum atomic E-state index is -0.560. The average Bonchev–Trinajstić information content (AvgIpc) is 2.51. The molecule has 130 valence electrons. The van der Waals surface area contributed by atoms with Crippen molar-refractivity contribution in [3.8, 4) is 5.75 Å². The predicted octanol–water partition coefficient (Wildman–Crippen LogP) is 2.13. The van der Waals surface area contributed by atoms with E-state index in [1.807, 2.05) is 39.8 Å². The second kappa shape index (κ2) is 10.1. The Morgan fingerprint density at radius 3 is 2.65 bits per heavy atom. The molecule has 0 aliphatic carbocycles. The molecule has 0 radical (unpaired) electrons. The lowest BCUT2D eigenvalue weighted by Gasteiger charge is -2.17. The largest absolute Gasteiger partial charge is 0.491 e. The van der Waals surface area contributed by atoms with E-state index in [0.717, 1.165) is 23.4 Å². The molecule has 1 aromatic carbocycles. The van der Waals surface area contributed by atoms with Crippen LogP contribution in [0.2, 0.25) is 0 Å². The Balaban J connectivity index is 2.60. The van der Waals surface area contributed by atoms with Gasteiger partial charge >= 0.3 is 6.03 Å². The van der Waals surface area contributed by atoms with Gasteiger partial charge in [0.25, 0.3) is 0 Å². The number of ether oxygens (including phenoxy) is 1. The van der Waals surface area contributed by atoms with E-state index in [-0.39, 0.29) is 12.6 Å². The maximum atomic E-state index is 11.5. The summed E-state index contributed by atoms with van der Waals surface area (Å²) in [7, 11) is 0. The Hall–Kier alpha value is -1.79. The highest BCUT2D eigenvalue weighted by molar-refractivity contribution is 5.89. The quantitative estimate of drug-likeness (QED) is 0.561. The van der Waals surface area contributed by atoms with Gasteiger partial charge in [0.1, 0.15) is 18.5 Å². The molecule has 6 heteroatoms. The van der Waals surface area contributed by atoms with Gasteiger partial charge in [0.05, 0.1) is 0 Å². The van der Waals surface area contributed by atoms with E-state index in [2.05, 4.69) is 16.0 Å². The minimum Gasteiger partial charge on any atom is -0.491 e. The first-order valence-corrected chi connectivity index (χ1v) is 8.18. The van der Waals surface area contributed by atoms with Crippen LogP contribution in [0.3, 0.4) is 0 Å². The molecule has 0 aromatic heterocycles. The molecular weight excluding hydrogens is 294 g/mol. The standard InChI is InChI=1S/C17H29N3O3/c1-5-13-9-14(20-17(22)18-6-2)7-8-16(13)23-11-15(21)10-19-12(3)4/h7-9,12,15,19,21H,5-6,10-11H2,1-4H3,(H2,18,20,22)/t15-/m1/s1.